The molecule has 1 N–H and O–H groups in total. The third kappa shape index (κ3) is 4.74. The summed E-state index contributed by atoms with van der Waals surface area (Å²) in [6.07, 6.45) is 4.31. The predicted molar refractivity (Wildman–Crippen MR) is 115 cm³/mol. The van der Waals surface area contributed by atoms with Crippen LogP contribution < -0.4 is 5.32 Å². The average Bonchev–Trinajstić information content (AvgIpc) is 2.81. The molecule has 0 aliphatic rings. The lowest BCUT2D eigenvalue weighted by Gasteiger charge is -2.07. The van der Waals surface area contributed by atoms with E-state index in [1.165, 1.54) is 0 Å². The maximum atomic E-state index is 12.4. The first-order chi connectivity index (χ1) is 14.3. The molecule has 1 aromatic heterocycles. The van der Waals surface area contributed by atoms with E-state index in [1.54, 1.807) is 0 Å². The van der Waals surface area contributed by atoms with Gasteiger partial charge in [-0.05, 0) is 35.2 Å². The molecule has 0 spiro atoms. The summed E-state index contributed by atoms with van der Waals surface area (Å²) >= 11 is 0. The van der Waals surface area contributed by atoms with Crippen LogP contribution in [0.5, 0.6) is 0 Å². The summed E-state index contributed by atoms with van der Waals surface area (Å²) < 4.78 is 0. The summed E-state index contributed by atoms with van der Waals surface area (Å²) in [7, 11) is 0. The van der Waals surface area contributed by atoms with E-state index < -0.39 is 0 Å². The van der Waals surface area contributed by atoms with Crippen LogP contribution in [0.1, 0.15) is 15.9 Å². The Labute approximate surface area is 170 Å². The standard InChI is InChI=1S/C25H21N3O/c29-25(23-13-11-21(12-14-23)20-7-3-1-4-8-20)26-16-15-19-17-27-24(28-18-19)22-9-5-2-6-10-22/h1-14,17-18H,15-16H2,(H,26,29). The van der Waals surface area contributed by atoms with Gasteiger partial charge in [-0.1, -0.05) is 72.8 Å². The van der Waals surface area contributed by atoms with Gasteiger partial charge in [-0.2, -0.15) is 0 Å². The van der Waals surface area contributed by atoms with Crippen molar-refractivity contribution in [3.05, 3.63) is 108 Å². The van der Waals surface area contributed by atoms with Gasteiger partial charge in [-0.3, -0.25) is 4.79 Å². The average molecular weight is 379 g/mol. The van der Waals surface area contributed by atoms with Crippen molar-refractivity contribution in [2.75, 3.05) is 6.54 Å². The number of nitrogens with zero attached hydrogens (tertiary/aromatic N) is 2. The molecule has 4 nitrogen and oxygen atoms in total. The van der Waals surface area contributed by atoms with Gasteiger partial charge >= 0.3 is 0 Å². The summed E-state index contributed by atoms with van der Waals surface area (Å²) in [5.41, 5.74) is 4.87. The van der Waals surface area contributed by atoms with Gasteiger partial charge in [0.2, 0.25) is 0 Å². The highest BCUT2D eigenvalue weighted by molar-refractivity contribution is 5.94. The lowest BCUT2D eigenvalue weighted by Crippen LogP contribution is -2.25. The van der Waals surface area contributed by atoms with Crippen LogP contribution in [0, 0.1) is 0 Å². The Hall–Kier alpha value is -3.79. The fourth-order valence-corrected chi connectivity index (χ4v) is 3.09. The van der Waals surface area contributed by atoms with E-state index in [0.717, 1.165) is 22.3 Å². The van der Waals surface area contributed by atoms with Crippen LogP contribution in [-0.2, 0) is 6.42 Å². The molecule has 0 aliphatic carbocycles. The number of rotatable bonds is 6. The van der Waals surface area contributed by atoms with Crippen LogP contribution in [0.15, 0.2) is 97.3 Å². The van der Waals surface area contributed by atoms with Crippen LogP contribution in [0.2, 0.25) is 0 Å². The van der Waals surface area contributed by atoms with E-state index in [9.17, 15) is 4.79 Å². The van der Waals surface area contributed by atoms with Crippen molar-refractivity contribution in [3.8, 4) is 22.5 Å². The first kappa shape index (κ1) is 18.6. The molecule has 0 saturated heterocycles. The number of hydrogen-bond donors (Lipinski definition) is 1. The van der Waals surface area contributed by atoms with Gasteiger partial charge in [0, 0.05) is 30.1 Å². The van der Waals surface area contributed by atoms with Gasteiger partial charge in [0.1, 0.15) is 0 Å². The first-order valence-corrected chi connectivity index (χ1v) is 9.59. The van der Waals surface area contributed by atoms with E-state index in [0.29, 0.717) is 24.4 Å². The van der Waals surface area contributed by atoms with Gasteiger partial charge < -0.3 is 5.32 Å². The third-order valence-electron chi connectivity index (χ3n) is 4.69. The summed E-state index contributed by atoms with van der Waals surface area (Å²) in [6.45, 7) is 0.535. The number of carbonyl (C=O) groups excluding carboxylic acids is 1. The van der Waals surface area contributed by atoms with Crippen molar-refractivity contribution in [2.45, 2.75) is 6.42 Å². The number of amides is 1. The Bertz CT molecular complexity index is 1060. The van der Waals surface area contributed by atoms with Crippen molar-refractivity contribution in [2.24, 2.45) is 0 Å². The van der Waals surface area contributed by atoms with Gasteiger partial charge in [0.05, 0.1) is 0 Å². The van der Waals surface area contributed by atoms with E-state index in [2.05, 4.69) is 27.4 Å². The van der Waals surface area contributed by atoms with Crippen LogP contribution in [-0.4, -0.2) is 22.4 Å². The Morgan fingerprint density at radius 1 is 0.690 bits per heavy atom. The molecule has 1 heterocycles. The van der Waals surface area contributed by atoms with E-state index in [4.69, 9.17) is 0 Å². The fraction of sp³-hybridized carbons (Fsp3) is 0.0800. The molecule has 142 valence electrons. The first-order valence-electron chi connectivity index (χ1n) is 9.59. The van der Waals surface area contributed by atoms with Crippen LogP contribution in [0.3, 0.4) is 0 Å². The lowest BCUT2D eigenvalue weighted by atomic mass is 10.0. The Morgan fingerprint density at radius 2 is 1.24 bits per heavy atom. The number of carbonyl (C=O) groups is 1. The van der Waals surface area contributed by atoms with Gasteiger partial charge in [-0.15, -0.1) is 0 Å². The molecule has 0 atom stereocenters. The number of nitrogens with one attached hydrogen (secondary N) is 1. The molecule has 0 fully saturated rings. The fourth-order valence-electron chi connectivity index (χ4n) is 3.09. The highest BCUT2D eigenvalue weighted by atomic mass is 16.1. The normalized spacial score (nSPS) is 10.5. The van der Waals surface area contributed by atoms with Gasteiger partial charge in [0.25, 0.3) is 5.91 Å². The maximum absolute atomic E-state index is 12.4. The Morgan fingerprint density at radius 3 is 1.86 bits per heavy atom. The van der Waals surface area contributed by atoms with Crippen molar-refractivity contribution >= 4 is 5.91 Å². The zero-order valence-electron chi connectivity index (χ0n) is 16.0. The molecule has 3 aromatic carbocycles. The van der Waals surface area contributed by atoms with Crippen LogP contribution >= 0.6 is 0 Å². The van der Waals surface area contributed by atoms with Crippen molar-refractivity contribution < 1.29 is 4.79 Å². The molecule has 0 bridgehead atoms. The highest BCUT2D eigenvalue weighted by Gasteiger charge is 2.06. The monoisotopic (exact) mass is 379 g/mol. The number of aromatic nitrogens is 2. The molecule has 4 aromatic rings. The van der Waals surface area contributed by atoms with Crippen LogP contribution in [0.4, 0.5) is 0 Å². The number of benzene rings is 3. The molecular weight excluding hydrogens is 358 g/mol. The summed E-state index contributed by atoms with van der Waals surface area (Å²) in [5, 5.41) is 2.96. The van der Waals surface area contributed by atoms with E-state index in [1.807, 2.05) is 85.2 Å². The smallest absolute Gasteiger partial charge is 0.251 e. The Balaban J connectivity index is 1.31. The molecule has 0 aliphatic heterocycles. The molecule has 0 radical (unpaired) electrons. The Kier molecular flexibility index (Phi) is 5.72. The zero-order valence-corrected chi connectivity index (χ0v) is 16.0. The molecule has 1 amide bonds. The van der Waals surface area contributed by atoms with Crippen molar-refractivity contribution in [1.82, 2.24) is 15.3 Å². The van der Waals surface area contributed by atoms with Gasteiger partial charge in [-0.25, -0.2) is 9.97 Å². The van der Waals surface area contributed by atoms with Crippen molar-refractivity contribution in [1.29, 1.82) is 0 Å². The summed E-state index contributed by atoms with van der Waals surface area (Å²) in [4.78, 5) is 21.2. The zero-order chi connectivity index (χ0) is 19.9. The molecule has 0 unspecified atom stereocenters. The predicted octanol–water partition coefficient (Wildman–Crippen LogP) is 4.78. The quantitative estimate of drug-likeness (QED) is 0.524. The SMILES string of the molecule is O=C(NCCc1cnc(-c2ccccc2)nc1)c1ccc(-c2ccccc2)cc1. The van der Waals surface area contributed by atoms with Gasteiger partial charge in [0.15, 0.2) is 5.82 Å². The molecule has 4 rings (SSSR count). The highest BCUT2D eigenvalue weighted by Crippen LogP contribution is 2.19. The van der Waals surface area contributed by atoms with E-state index >= 15 is 0 Å². The second kappa shape index (κ2) is 8.93. The lowest BCUT2D eigenvalue weighted by molar-refractivity contribution is 0.0954. The topological polar surface area (TPSA) is 54.9 Å². The number of hydrogen-bond acceptors (Lipinski definition) is 3. The minimum absolute atomic E-state index is 0.0774. The minimum Gasteiger partial charge on any atom is -0.352 e. The summed E-state index contributed by atoms with van der Waals surface area (Å²) in [6, 6.07) is 27.6. The van der Waals surface area contributed by atoms with E-state index in [-0.39, 0.29) is 5.91 Å². The molecular formula is C25H21N3O. The second-order valence-corrected chi connectivity index (χ2v) is 6.73. The van der Waals surface area contributed by atoms with Crippen LogP contribution in [0.25, 0.3) is 22.5 Å². The molecule has 0 saturated carbocycles. The van der Waals surface area contributed by atoms with Crippen molar-refractivity contribution in [3.63, 3.8) is 0 Å². The third-order valence-corrected chi connectivity index (χ3v) is 4.69. The second-order valence-electron chi connectivity index (χ2n) is 6.73. The summed E-state index contributed by atoms with van der Waals surface area (Å²) in [5.74, 6) is 0.628. The minimum atomic E-state index is -0.0774. The molecule has 29 heavy (non-hydrogen) atoms. The maximum Gasteiger partial charge on any atom is 0.251 e. The largest absolute Gasteiger partial charge is 0.352 e. The molecule has 4 heteroatoms.